The summed E-state index contributed by atoms with van der Waals surface area (Å²) < 4.78 is 32.8. The molecule has 7 N–H and O–H groups in total. The normalized spacial score (nSPS) is 12.3. The first-order chi connectivity index (χ1) is 21.4. The summed E-state index contributed by atoms with van der Waals surface area (Å²) in [6, 6.07) is 20.4. The summed E-state index contributed by atoms with van der Waals surface area (Å²) in [4.78, 5) is 21.9. The van der Waals surface area contributed by atoms with Crippen LogP contribution in [0, 0.1) is 0 Å². The average Bonchev–Trinajstić information content (AvgIpc) is 2.99. The lowest BCUT2D eigenvalue weighted by Crippen LogP contribution is -2.29. The van der Waals surface area contributed by atoms with E-state index >= 15 is 0 Å². The molecule has 246 valence electrons. The maximum absolute atomic E-state index is 11.7. The van der Waals surface area contributed by atoms with Gasteiger partial charge >= 0.3 is 22.1 Å². The number of ether oxygens (including phenoxy) is 1. The molecule has 11 nitrogen and oxygen atoms in total. The zero-order valence-electron chi connectivity index (χ0n) is 25.2. The van der Waals surface area contributed by atoms with Crippen molar-refractivity contribution in [1.29, 1.82) is 0 Å². The number of unbranched alkanes of at least 4 members (excludes halogenated alkanes) is 1. The van der Waals surface area contributed by atoms with Gasteiger partial charge in [0.2, 0.25) is 0 Å². The molecule has 0 aromatic heterocycles. The van der Waals surface area contributed by atoms with Crippen molar-refractivity contribution in [3.63, 3.8) is 0 Å². The molecule has 0 amide bonds. The Balaban J connectivity index is 0.000000607. The van der Waals surface area contributed by atoms with E-state index < -0.39 is 33.3 Å². The molecule has 3 aromatic rings. The maximum atomic E-state index is 11.7. The van der Waals surface area contributed by atoms with E-state index in [0.29, 0.717) is 43.9 Å². The van der Waals surface area contributed by atoms with Crippen LogP contribution in [0.3, 0.4) is 0 Å². The molecule has 0 spiro atoms. The second kappa shape index (κ2) is 19.6. The standard InChI is InChI=1S/C26H28O7S2.C6H14N2O2/c1-35(30,31)33-24-12-10-23(11-13-24)32-16-14-19-2-4-21(5-3-19)18-25(26(28)29)34-17-15-20-6-8-22(27)9-7-20;7-4-2-1-3-5(8)6(9)10/h2-13,25,27H,14-18H2,1H3,(H,28,29);5H,1-4,7-8H2,(H,9,10). The molecule has 2 unspecified atom stereocenters. The number of aromatic hydroxyl groups is 1. The Hall–Kier alpha value is -3.78. The Labute approximate surface area is 268 Å². The molecule has 0 aliphatic heterocycles. The van der Waals surface area contributed by atoms with Crippen molar-refractivity contribution < 1.29 is 42.2 Å². The third kappa shape index (κ3) is 16.2. The van der Waals surface area contributed by atoms with Gasteiger partial charge in [-0.25, -0.2) is 0 Å². The van der Waals surface area contributed by atoms with Crippen LogP contribution in [0.2, 0.25) is 0 Å². The van der Waals surface area contributed by atoms with E-state index in [-0.39, 0.29) is 11.5 Å². The second-order valence-electron chi connectivity index (χ2n) is 10.2. The minimum Gasteiger partial charge on any atom is -0.508 e. The van der Waals surface area contributed by atoms with Crippen LogP contribution in [0.1, 0.15) is 36.0 Å². The van der Waals surface area contributed by atoms with Gasteiger partial charge in [0, 0.05) is 6.42 Å². The van der Waals surface area contributed by atoms with Crippen LogP contribution in [0.5, 0.6) is 17.2 Å². The van der Waals surface area contributed by atoms with Crippen LogP contribution in [0.15, 0.2) is 72.8 Å². The van der Waals surface area contributed by atoms with Gasteiger partial charge in [-0.1, -0.05) is 42.8 Å². The molecule has 0 saturated heterocycles. The maximum Gasteiger partial charge on any atom is 0.320 e. The number of carboxylic acid groups (broad SMARTS) is 2. The third-order valence-electron chi connectivity index (χ3n) is 6.38. The van der Waals surface area contributed by atoms with Gasteiger partial charge in [0.1, 0.15) is 28.5 Å². The minimum absolute atomic E-state index is 0.218. The number of phenolic OH excluding ortho intramolecular Hbond substituents is 1. The molecule has 0 heterocycles. The number of carbonyl (C=O) groups is 2. The van der Waals surface area contributed by atoms with Gasteiger partial charge in [-0.05, 0) is 91.1 Å². The van der Waals surface area contributed by atoms with Gasteiger partial charge in [0.25, 0.3) is 0 Å². The van der Waals surface area contributed by atoms with Crippen LogP contribution in [0.25, 0.3) is 0 Å². The molecule has 0 saturated carbocycles. The second-order valence-corrected chi connectivity index (χ2v) is 13.1. The number of aliphatic carboxylic acids is 2. The van der Waals surface area contributed by atoms with Crippen molar-refractivity contribution >= 4 is 33.8 Å². The molecule has 2 atom stereocenters. The number of nitrogens with two attached hydrogens (primary N) is 2. The number of carboxylic acids is 2. The Morgan fingerprint density at radius 3 is 1.93 bits per heavy atom. The first-order valence-corrected chi connectivity index (χ1v) is 17.2. The summed E-state index contributed by atoms with van der Waals surface area (Å²) in [6.07, 6.45) is 5.00. The summed E-state index contributed by atoms with van der Waals surface area (Å²) >= 11 is 1.42. The summed E-state index contributed by atoms with van der Waals surface area (Å²) in [6.45, 7) is 1.04. The van der Waals surface area contributed by atoms with Gasteiger partial charge in [-0.2, -0.15) is 8.42 Å². The van der Waals surface area contributed by atoms with Crippen molar-refractivity contribution in [3.05, 3.63) is 89.5 Å². The van der Waals surface area contributed by atoms with Crippen LogP contribution < -0.4 is 20.4 Å². The van der Waals surface area contributed by atoms with E-state index in [4.69, 9.17) is 25.5 Å². The van der Waals surface area contributed by atoms with Gasteiger partial charge in [0.05, 0.1) is 12.9 Å². The van der Waals surface area contributed by atoms with Crippen molar-refractivity contribution in [2.45, 2.75) is 49.8 Å². The van der Waals surface area contributed by atoms with E-state index in [1.807, 2.05) is 36.4 Å². The highest BCUT2D eigenvalue weighted by molar-refractivity contribution is 8.00. The van der Waals surface area contributed by atoms with Gasteiger partial charge < -0.3 is 35.7 Å². The lowest BCUT2D eigenvalue weighted by Gasteiger charge is -2.13. The molecule has 13 heteroatoms. The van der Waals surface area contributed by atoms with Crippen LogP contribution in [-0.2, 0) is 39.0 Å². The third-order valence-corrected chi connectivity index (χ3v) is 8.09. The predicted octanol–water partition coefficient (Wildman–Crippen LogP) is 3.85. The summed E-state index contributed by atoms with van der Waals surface area (Å²) in [5, 5.41) is 26.8. The molecule has 0 aliphatic rings. The molecular weight excluding hydrogens is 620 g/mol. The van der Waals surface area contributed by atoms with Crippen molar-refractivity contribution in [3.8, 4) is 17.2 Å². The molecule has 0 aliphatic carbocycles. The Morgan fingerprint density at radius 2 is 1.38 bits per heavy atom. The number of hydrogen-bond donors (Lipinski definition) is 5. The van der Waals surface area contributed by atoms with Crippen LogP contribution in [-0.4, -0.2) is 72.1 Å². The Bertz CT molecular complexity index is 1420. The fraction of sp³-hybridized carbons (Fsp3) is 0.375. The van der Waals surface area contributed by atoms with E-state index in [2.05, 4.69) is 0 Å². The van der Waals surface area contributed by atoms with Gasteiger partial charge in [0.15, 0.2) is 0 Å². The molecule has 0 bridgehead atoms. The smallest absolute Gasteiger partial charge is 0.320 e. The highest BCUT2D eigenvalue weighted by Gasteiger charge is 2.18. The van der Waals surface area contributed by atoms with Crippen LogP contribution >= 0.6 is 11.8 Å². The largest absolute Gasteiger partial charge is 0.508 e. The lowest BCUT2D eigenvalue weighted by atomic mass is 10.1. The number of aryl methyl sites for hydroxylation is 1. The first kappa shape index (κ1) is 37.4. The molecule has 0 radical (unpaired) electrons. The van der Waals surface area contributed by atoms with Crippen molar-refractivity contribution in [1.82, 2.24) is 0 Å². The zero-order valence-corrected chi connectivity index (χ0v) is 26.8. The molecule has 0 fully saturated rings. The zero-order chi connectivity index (χ0) is 33.2. The summed E-state index contributed by atoms with van der Waals surface area (Å²) in [7, 11) is -3.56. The number of benzene rings is 3. The Morgan fingerprint density at radius 1 is 0.822 bits per heavy atom. The monoisotopic (exact) mass is 662 g/mol. The van der Waals surface area contributed by atoms with Gasteiger partial charge in [-0.3, -0.25) is 9.59 Å². The predicted molar refractivity (Wildman–Crippen MR) is 175 cm³/mol. The summed E-state index contributed by atoms with van der Waals surface area (Å²) in [5.74, 6) is -0.0261. The van der Waals surface area contributed by atoms with Crippen molar-refractivity contribution in [2.75, 3.05) is 25.2 Å². The van der Waals surface area contributed by atoms with Crippen molar-refractivity contribution in [2.24, 2.45) is 11.5 Å². The fourth-order valence-corrected chi connectivity index (χ4v) is 5.49. The van der Waals surface area contributed by atoms with E-state index in [0.717, 1.165) is 42.2 Å². The fourth-order valence-electron chi connectivity index (χ4n) is 3.94. The quantitative estimate of drug-likeness (QED) is 0.0975. The lowest BCUT2D eigenvalue weighted by molar-refractivity contribution is -0.139. The van der Waals surface area contributed by atoms with E-state index in [1.54, 1.807) is 24.3 Å². The molecule has 3 aromatic carbocycles. The average molecular weight is 663 g/mol. The molecule has 45 heavy (non-hydrogen) atoms. The highest BCUT2D eigenvalue weighted by atomic mass is 32.2. The van der Waals surface area contributed by atoms with E-state index in [1.165, 1.54) is 23.9 Å². The molecular formula is C32H42N2O9S2. The van der Waals surface area contributed by atoms with Crippen LogP contribution in [0.4, 0.5) is 0 Å². The highest BCUT2D eigenvalue weighted by Crippen LogP contribution is 2.21. The number of rotatable bonds is 18. The van der Waals surface area contributed by atoms with Gasteiger partial charge in [-0.15, -0.1) is 11.8 Å². The first-order valence-electron chi connectivity index (χ1n) is 14.4. The number of thioether (sulfide) groups is 1. The SMILES string of the molecule is CS(=O)(=O)Oc1ccc(OCCc2ccc(CC(SCCc3ccc(O)cc3)C(=O)O)cc2)cc1.NCCCCC(N)C(=O)O. The topological polar surface area (TPSA) is 199 Å². The van der Waals surface area contributed by atoms with E-state index in [9.17, 15) is 28.2 Å². The summed E-state index contributed by atoms with van der Waals surface area (Å²) in [5.41, 5.74) is 13.5. The number of hydrogen-bond acceptors (Lipinski definition) is 10. The number of phenols is 1. The molecule has 3 rings (SSSR count). The Kier molecular flexibility index (Phi) is 16.3. The minimum atomic E-state index is -3.56.